The Morgan fingerprint density at radius 3 is 1.24 bits per heavy atom. The molecular weight excluding hydrogens is 839 g/mol. The van der Waals surface area contributed by atoms with Crippen molar-refractivity contribution >= 4 is 119 Å². The fourth-order valence-electron chi connectivity index (χ4n) is 9.68. The number of nitrogens with zero attached hydrogens (tertiary/aromatic N) is 3. The van der Waals surface area contributed by atoms with E-state index in [0.717, 1.165) is 39.0 Å². The maximum atomic E-state index is 4.69. The number of hydrogen-bond donors (Lipinski definition) is 0. The molecule has 0 unspecified atom stereocenters. The molecule has 0 N–H and O–H groups in total. The molecule has 3 aromatic heterocycles. The highest BCUT2D eigenvalue weighted by atomic mass is 32.1. The van der Waals surface area contributed by atoms with Gasteiger partial charge in [-0.2, -0.15) is 0 Å². The van der Waals surface area contributed by atoms with Crippen molar-refractivity contribution in [1.29, 1.82) is 0 Å². The van der Waals surface area contributed by atoms with Crippen LogP contribution in [-0.2, 0) is 0 Å². The maximum Gasteiger partial charge on any atom is 0.124 e. The van der Waals surface area contributed by atoms with Crippen LogP contribution in [0.2, 0.25) is 0 Å². The summed E-state index contributed by atoms with van der Waals surface area (Å²) in [7, 11) is 0. The summed E-state index contributed by atoms with van der Waals surface area (Å²) in [4.78, 5) is 10.5. The van der Waals surface area contributed by atoms with Gasteiger partial charge in [-0.3, -0.25) is 0 Å². The van der Waals surface area contributed by atoms with Crippen molar-refractivity contribution in [1.82, 2.24) is 4.98 Å². The Bertz CT molecular complexity index is 3670. The lowest BCUT2D eigenvalue weighted by Gasteiger charge is -2.27. The average molecular weight is 878 g/mol. The quantitative estimate of drug-likeness (QED) is 0.142. The summed E-state index contributed by atoms with van der Waals surface area (Å²) >= 11 is 3.60. The first-order chi connectivity index (χ1) is 32.7. The second kappa shape index (κ2) is 15.9. The van der Waals surface area contributed by atoms with E-state index in [0.29, 0.717) is 0 Å². The van der Waals surface area contributed by atoms with Crippen molar-refractivity contribution in [3.8, 4) is 22.3 Å². The van der Waals surface area contributed by atoms with Crippen LogP contribution in [0.4, 0.5) is 34.1 Å². The van der Waals surface area contributed by atoms with E-state index < -0.39 is 0 Å². The number of anilines is 6. The number of benzene rings is 10. The van der Waals surface area contributed by atoms with Gasteiger partial charge in [-0.1, -0.05) is 140 Å². The molecule has 10 aromatic carbocycles. The van der Waals surface area contributed by atoms with Crippen molar-refractivity contribution in [2.45, 2.75) is 0 Å². The minimum absolute atomic E-state index is 1.06. The normalized spacial score (nSPS) is 11.6. The number of aromatic nitrogens is 1. The topological polar surface area (TPSA) is 19.4 Å². The molecular formula is C61H39N3S2. The molecule has 0 atom stereocenters. The molecule has 0 radical (unpaired) electrons. The minimum atomic E-state index is 1.06. The predicted molar refractivity (Wildman–Crippen MR) is 285 cm³/mol. The standard InChI is InChI=1S/C61H39N3S2/c1-3-10-40(11-4-1)42-19-23-46(24-20-42)63(50-29-33-55-54-14-7-8-16-58(54)65-59(55)38-50)48-27-31-52-44(36-48)17-18-45-37-49(28-32-53(45)52)64(47-25-21-43(22-26-47)41-12-5-2-6-13-41)51-30-34-56-57-15-9-35-62-61(57)66-60(56)39-51/h1-39H. The first-order valence-corrected chi connectivity index (χ1v) is 23.9. The Balaban J connectivity index is 0.912. The van der Waals surface area contributed by atoms with Gasteiger partial charge in [-0.15, -0.1) is 22.7 Å². The van der Waals surface area contributed by atoms with Crippen LogP contribution in [0.3, 0.4) is 0 Å². The van der Waals surface area contributed by atoms with Crippen molar-refractivity contribution < 1.29 is 0 Å². The summed E-state index contributed by atoms with van der Waals surface area (Å²) in [5.74, 6) is 0. The smallest absolute Gasteiger partial charge is 0.124 e. The highest BCUT2D eigenvalue weighted by molar-refractivity contribution is 7.26. The average Bonchev–Trinajstić information content (AvgIpc) is 3.95. The lowest BCUT2D eigenvalue weighted by molar-refractivity contribution is 1.29. The molecule has 13 aromatic rings. The van der Waals surface area contributed by atoms with Gasteiger partial charge in [-0.05, 0) is 135 Å². The predicted octanol–water partition coefficient (Wildman–Crippen LogP) is 18.4. The largest absolute Gasteiger partial charge is 0.310 e. The SMILES string of the molecule is c1ccc(-c2ccc(N(c3ccc4c(ccc5cc(N(c6ccc(-c7ccccc7)cc6)c6ccc7c(c6)sc6ncccc67)ccc54)c3)c3ccc4c(c3)sc3ccccc34)cc2)cc1. The number of fused-ring (bicyclic) bond motifs is 9. The van der Waals surface area contributed by atoms with Gasteiger partial charge < -0.3 is 9.80 Å². The molecule has 310 valence electrons. The fraction of sp³-hybridized carbons (Fsp3) is 0. The molecule has 3 nitrogen and oxygen atoms in total. The van der Waals surface area contributed by atoms with Crippen LogP contribution in [0.5, 0.6) is 0 Å². The zero-order valence-corrected chi connectivity index (χ0v) is 37.3. The van der Waals surface area contributed by atoms with Gasteiger partial charge in [0.05, 0.1) is 0 Å². The molecule has 0 saturated carbocycles. The van der Waals surface area contributed by atoms with Crippen LogP contribution in [0.15, 0.2) is 237 Å². The van der Waals surface area contributed by atoms with Crippen LogP contribution in [0.1, 0.15) is 0 Å². The molecule has 0 fully saturated rings. The van der Waals surface area contributed by atoms with Crippen molar-refractivity contribution in [3.63, 3.8) is 0 Å². The number of hydrogen-bond acceptors (Lipinski definition) is 5. The first-order valence-electron chi connectivity index (χ1n) is 22.2. The number of rotatable bonds is 8. The molecule has 0 aliphatic rings. The zero-order valence-electron chi connectivity index (χ0n) is 35.7. The zero-order chi connectivity index (χ0) is 43.6. The van der Waals surface area contributed by atoms with E-state index in [9.17, 15) is 0 Å². The van der Waals surface area contributed by atoms with Gasteiger partial charge in [0.1, 0.15) is 4.83 Å². The monoisotopic (exact) mass is 877 g/mol. The van der Waals surface area contributed by atoms with Crippen LogP contribution in [-0.4, -0.2) is 4.98 Å². The van der Waals surface area contributed by atoms with Crippen LogP contribution in [0.25, 0.3) is 84.3 Å². The van der Waals surface area contributed by atoms with Gasteiger partial charge >= 0.3 is 0 Å². The number of thiophene rings is 2. The molecule has 0 saturated heterocycles. The first kappa shape index (κ1) is 38.4. The van der Waals surface area contributed by atoms with Crippen molar-refractivity contribution in [3.05, 3.63) is 237 Å². The van der Waals surface area contributed by atoms with Gasteiger partial charge in [0.2, 0.25) is 0 Å². The van der Waals surface area contributed by atoms with Gasteiger partial charge in [0.15, 0.2) is 0 Å². The molecule has 3 heterocycles. The summed E-state index contributed by atoms with van der Waals surface area (Å²) < 4.78 is 3.81. The Kier molecular flexibility index (Phi) is 9.22. The van der Waals surface area contributed by atoms with E-state index in [1.165, 1.54) is 79.4 Å². The number of pyridine rings is 1. The minimum Gasteiger partial charge on any atom is -0.310 e. The molecule has 66 heavy (non-hydrogen) atoms. The molecule has 0 spiro atoms. The summed E-state index contributed by atoms with van der Waals surface area (Å²) in [6, 6.07) is 84.2. The molecule has 0 aliphatic carbocycles. The Labute approximate surface area is 390 Å². The Morgan fingerprint density at radius 2 is 0.682 bits per heavy atom. The van der Waals surface area contributed by atoms with Crippen molar-refractivity contribution in [2.75, 3.05) is 9.80 Å². The Hall–Kier alpha value is -8.09. The third-order valence-electron chi connectivity index (χ3n) is 12.9. The van der Waals surface area contributed by atoms with Crippen LogP contribution in [0, 0.1) is 0 Å². The van der Waals surface area contributed by atoms with Gasteiger partial charge in [0, 0.05) is 76.0 Å². The van der Waals surface area contributed by atoms with E-state index in [-0.39, 0.29) is 0 Å². The van der Waals surface area contributed by atoms with E-state index in [2.05, 4.69) is 239 Å². The summed E-state index contributed by atoms with van der Waals surface area (Å²) in [6.07, 6.45) is 1.88. The third kappa shape index (κ3) is 6.68. The van der Waals surface area contributed by atoms with E-state index in [1.807, 2.05) is 23.6 Å². The second-order valence-corrected chi connectivity index (χ2v) is 18.9. The van der Waals surface area contributed by atoms with Gasteiger partial charge in [-0.25, -0.2) is 4.98 Å². The molecule has 0 aliphatic heterocycles. The highest BCUT2D eigenvalue weighted by Gasteiger charge is 2.19. The highest BCUT2D eigenvalue weighted by Crippen LogP contribution is 2.44. The fourth-order valence-corrected chi connectivity index (χ4v) is 11.9. The lowest BCUT2D eigenvalue weighted by Crippen LogP contribution is -2.10. The molecule has 0 amide bonds. The summed E-state index contributed by atoms with van der Waals surface area (Å²) in [6.45, 7) is 0. The van der Waals surface area contributed by atoms with Crippen molar-refractivity contribution in [2.24, 2.45) is 0 Å². The maximum absolute atomic E-state index is 4.69. The molecule has 13 rings (SSSR count). The van der Waals surface area contributed by atoms with E-state index >= 15 is 0 Å². The van der Waals surface area contributed by atoms with Gasteiger partial charge in [0.25, 0.3) is 0 Å². The summed E-state index contributed by atoms with van der Waals surface area (Å²) in [5.41, 5.74) is 11.5. The van der Waals surface area contributed by atoms with Crippen LogP contribution < -0.4 is 9.80 Å². The van der Waals surface area contributed by atoms with Crippen LogP contribution >= 0.6 is 22.7 Å². The third-order valence-corrected chi connectivity index (χ3v) is 15.1. The second-order valence-electron chi connectivity index (χ2n) is 16.8. The summed E-state index contributed by atoms with van der Waals surface area (Å²) in [5, 5.41) is 9.86. The van der Waals surface area contributed by atoms with E-state index in [1.54, 1.807) is 11.3 Å². The molecule has 5 heteroatoms. The molecule has 0 bridgehead atoms. The lowest BCUT2D eigenvalue weighted by atomic mass is 9.99. The van der Waals surface area contributed by atoms with E-state index in [4.69, 9.17) is 0 Å². The Morgan fingerprint density at radius 1 is 0.273 bits per heavy atom.